The molecule has 1 saturated carbocycles. The molecule has 0 aromatic heterocycles. The summed E-state index contributed by atoms with van der Waals surface area (Å²) in [4.78, 5) is 12.2. The van der Waals surface area contributed by atoms with Crippen molar-refractivity contribution in [1.82, 2.24) is 0 Å². The number of ether oxygens (including phenoxy) is 1. The topological polar surface area (TPSA) is 26.3 Å². The van der Waals surface area contributed by atoms with Gasteiger partial charge in [0, 0.05) is 17.0 Å². The second-order valence-corrected chi connectivity index (χ2v) is 5.50. The van der Waals surface area contributed by atoms with Crippen LogP contribution in [-0.4, -0.2) is 11.9 Å². The fourth-order valence-electron chi connectivity index (χ4n) is 1.99. The quantitative estimate of drug-likeness (QED) is 0.766. The van der Waals surface area contributed by atoms with Crippen LogP contribution in [0.1, 0.15) is 28.8 Å². The van der Waals surface area contributed by atoms with Gasteiger partial charge in [0.05, 0.1) is 6.10 Å². The minimum atomic E-state index is 0.102. The minimum absolute atomic E-state index is 0.102. The van der Waals surface area contributed by atoms with Gasteiger partial charge in [0.15, 0.2) is 5.78 Å². The molecule has 1 aliphatic rings. The van der Waals surface area contributed by atoms with Crippen LogP contribution in [0.25, 0.3) is 0 Å². The smallest absolute Gasteiger partial charge is 0.167 e. The van der Waals surface area contributed by atoms with Gasteiger partial charge in [0.1, 0.15) is 5.75 Å². The van der Waals surface area contributed by atoms with Crippen LogP contribution in [0.15, 0.2) is 48.5 Å². The Hall–Kier alpha value is -1.80. The van der Waals surface area contributed by atoms with Gasteiger partial charge in [-0.15, -0.1) is 0 Å². The predicted molar refractivity (Wildman–Crippen MR) is 79.6 cm³/mol. The number of hydrogen-bond donors (Lipinski definition) is 0. The molecule has 102 valence electrons. The molecule has 0 unspecified atom stereocenters. The molecular formula is C17H15ClO2. The molecule has 0 bridgehead atoms. The van der Waals surface area contributed by atoms with Gasteiger partial charge in [0.25, 0.3) is 0 Å². The lowest BCUT2D eigenvalue weighted by atomic mass is 10.0. The third kappa shape index (κ3) is 3.40. The Labute approximate surface area is 123 Å². The summed E-state index contributed by atoms with van der Waals surface area (Å²) in [6.07, 6.45) is 3.04. The highest BCUT2D eigenvalue weighted by Crippen LogP contribution is 2.26. The number of hydrogen-bond acceptors (Lipinski definition) is 2. The Bertz CT molecular complexity index is 598. The number of ketones is 1. The molecule has 3 rings (SSSR count). The fourth-order valence-corrected chi connectivity index (χ4v) is 2.11. The molecule has 2 aromatic carbocycles. The molecule has 3 heteroatoms. The maximum atomic E-state index is 12.2. The zero-order valence-electron chi connectivity index (χ0n) is 11.0. The van der Waals surface area contributed by atoms with E-state index in [1.54, 1.807) is 12.1 Å². The van der Waals surface area contributed by atoms with Crippen molar-refractivity contribution in [3.8, 4) is 5.75 Å². The maximum absolute atomic E-state index is 12.2. The van der Waals surface area contributed by atoms with Gasteiger partial charge in [-0.25, -0.2) is 0 Å². The largest absolute Gasteiger partial charge is 0.490 e. The van der Waals surface area contributed by atoms with Gasteiger partial charge in [-0.2, -0.15) is 0 Å². The van der Waals surface area contributed by atoms with Gasteiger partial charge >= 0.3 is 0 Å². The number of rotatable bonds is 5. The number of carbonyl (C=O) groups excluding carboxylic acids is 1. The van der Waals surface area contributed by atoms with Crippen molar-refractivity contribution >= 4 is 17.4 Å². The summed E-state index contributed by atoms with van der Waals surface area (Å²) in [7, 11) is 0. The van der Waals surface area contributed by atoms with Crippen LogP contribution in [0, 0.1) is 0 Å². The van der Waals surface area contributed by atoms with E-state index in [1.165, 1.54) is 0 Å². The van der Waals surface area contributed by atoms with Crippen molar-refractivity contribution in [2.75, 3.05) is 0 Å². The molecule has 0 N–H and O–H groups in total. The van der Waals surface area contributed by atoms with Crippen LogP contribution in [0.5, 0.6) is 5.75 Å². The van der Waals surface area contributed by atoms with Crippen molar-refractivity contribution in [2.24, 2.45) is 0 Å². The van der Waals surface area contributed by atoms with Gasteiger partial charge in [-0.05, 0) is 54.8 Å². The Balaban J connectivity index is 1.65. The lowest BCUT2D eigenvalue weighted by molar-refractivity contribution is 0.0993. The molecule has 2 aromatic rings. The van der Waals surface area contributed by atoms with E-state index in [9.17, 15) is 4.79 Å². The predicted octanol–water partition coefficient (Wildman–Crippen LogP) is 4.31. The fraction of sp³-hybridized carbons (Fsp3) is 0.235. The van der Waals surface area contributed by atoms with Crippen molar-refractivity contribution in [3.63, 3.8) is 0 Å². The molecule has 0 saturated heterocycles. The van der Waals surface area contributed by atoms with E-state index in [0.717, 1.165) is 24.2 Å². The molecule has 0 amide bonds. The third-order valence-electron chi connectivity index (χ3n) is 3.28. The SMILES string of the molecule is O=C(Cc1ccc(Cl)cc1)c1ccc(OC2CC2)cc1. The molecule has 0 spiro atoms. The third-order valence-corrected chi connectivity index (χ3v) is 3.53. The average molecular weight is 287 g/mol. The van der Waals surface area contributed by atoms with E-state index < -0.39 is 0 Å². The summed E-state index contributed by atoms with van der Waals surface area (Å²) in [5.41, 5.74) is 1.68. The molecule has 0 radical (unpaired) electrons. The summed E-state index contributed by atoms with van der Waals surface area (Å²) in [6.45, 7) is 0. The first-order chi connectivity index (χ1) is 9.70. The van der Waals surface area contributed by atoms with Crippen LogP contribution < -0.4 is 4.74 Å². The zero-order valence-corrected chi connectivity index (χ0v) is 11.8. The molecule has 0 aliphatic heterocycles. The Morgan fingerprint density at radius 1 is 1.05 bits per heavy atom. The molecule has 0 heterocycles. The summed E-state index contributed by atoms with van der Waals surface area (Å²) in [5, 5.41) is 0.683. The van der Waals surface area contributed by atoms with E-state index in [2.05, 4.69) is 0 Å². The first-order valence-corrected chi connectivity index (χ1v) is 7.13. The average Bonchev–Trinajstić information content (AvgIpc) is 3.26. The first-order valence-electron chi connectivity index (χ1n) is 6.75. The van der Waals surface area contributed by atoms with E-state index >= 15 is 0 Å². The van der Waals surface area contributed by atoms with Gasteiger partial charge in [-0.1, -0.05) is 23.7 Å². The summed E-state index contributed by atoms with van der Waals surface area (Å²) < 4.78 is 5.67. The minimum Gasteiger partial charge on any atom is -0.490 e. The molecular weight excluding hydrogens is 272 g/mol. The molecule has 0 atom stereocenters. The van der Waals surface area contributed by atoms with Crippen molar-refractivity contribution in [2.45, 2.75) is 25.4 Å². The van der Waals surface area contributed by atoms with Crippen molar-refractivity contribution < 1.29 is 9.53 Å². The van der Waals surface area contributed by atoms with Crippen LogP contribution in [0.2, 0.25) is 5.02 Å². The molecule has 2 nitrogen and oxygen atoms in total. The van der Waals surface area contributed by atoms with Crippen LogP contribution in [0.3, 0.4) is 0 Å². The highest BCUT2D eigenvalue weighted by molar-refractivity contribution is 6.30. The highest BCUT2D eigenvalue weighted by atomic mass is 35.5. The van der Waals surface area contributed by atoms with E-state index in [1.807, 2.05) is 36.4 Å². The second kappa shape index (κ2) is 5.68. The Morgan fingerprint density at radius 3 is 2.30 bits per heavy atom. The second-order valence-electron chi connectivity index (χ2n) is 5.07. The highest BCUT2D eigenvalue weighted by Gasteiger charge is 2.23. The van der Waals surface area contributed by atoms with Gasteiger partial charge in [0.2, 0.25) is 0 Å². The molecule has 1 fully saturated rings. The Kier molecular flexibility index (Phi) is 3.75. The number of carbonyl (C=O) groups is 1. The van der Waals surface area contributed by atoms with Gasteiger partial charge < -0.3 is 4.74 Å². The summed E-state index contributed by atoms with van der Waals surface area (Å²) in [5.74, 6) is 0.945. The normalized spacial score (nSPS) is 14.1. The monoisotopic (exact) mass is 286 g/mol. The maximum Gasteiger partial charge on any atom is 0.167 e. The lowest BCUT2D eigenvalue weighted by Crippen LogP contribution is -2.03. The summed E-state index contributed by atoms with van der Waals surface area (Å²) >= 11 is 5.83. The number of Topliss-reactive ketones (excluding diaryl/α,β-unsaturated/α-hetero) is 1. The van der Waals surface area contributed by atoms with Crippen molar-refractivity contribution in [3.05, 3.63) is 64.7 Å². The lowest BCUT2D eigenvalue weighted by Gasteiger charge is -2.06. The standard InChI is InChI=1S/C17H15ClO2/c18-14-5-1-12(2-6-14)11-17(19)13-3-7-15(8-4-13)20-16-9-10-16/h1-8,16H,9-11H2. The van der Waals surface area contributed by atoms with Gasteiger partial charge in [-0.3, -0.25) is 4.79 Å². The van der Waals surface area contributed by atoms with Crippen molar-refractivity contribution in [1.29, 1.82) is 0 Å². The first kappa shape index (κ1) is 13.2. The molecule has 1 aliphatic carbocycles. The van der Waals surface area contributed by atoms with E-state index in [4.69, 9.17) is 16.3 Å². The van der Waals surface area contributed by atoms with E-state index in [0.29, 0.717) is 23.1 Å². The van der Waals surface area contributed by atoms with E-state index in [-0.39, 0.29) is 5.78 Å². The van der Waals surface area contributed by atoms with Crippen LogP contribution in [0.4, 0.5) is 0 Å². The van der Waals surface area contributed by atoms with Crippen LogP contribution >= 0.6 is 11.6 Å². The zero-order chi connectivity index (χ0) is 13.9. The Morgan fingerprint density at radius 2 is 1.70 bits per heavy atom. The molecule has 20 heavy (non-hydrogen) atoms. The number of halogens is 1. The summed E-state index contributed by atoms with van der Waals surface area (Å²) in [6, 6.07) is 14.8. The number of benzene rings is 2. The van der Waals surface area contributed by atoms with Crippen LogP contribution in [-0.2, 0) is 6.42 Å².